The van der Waals surface area contributed by atoms with E-state index < -0.39 is 5.97 Å². The lowest BCUT2D eigenvalue weighted by Crippen LogP contribution is -2.37. The van der Waals surface area contributed by atoms with E-state index in [-0.39, 0.29) is 22.8 Å². The number of Topliss-reactive ketones (excluding diaryl/α,β-unsaturated/α-hetero) is 1. The second-order valence-corrected chi connectivity index (χ2v) is 7.32. The Morgan fingerprint density at radius 3 is 2.81 bits per heavy atom. The number of carbonyl (C=O) groups is 2. The molecule has 1 aliphatic carbocycles. The molecule has 0 spiro atoms. The summed E-state index contributed by atoms with van der Waals surface area (Å²) in [6.45, 7) is 4.07. The van der Waals surface area contributed by atoms with Crippen LogP contribution in [0, 0.1) is 5.41 Å². The number of ketones is 1. The van der Waals surface area contributed by atoms with Crippen LogP contribution in [0.2, 0.25) is 0 Å². The second-order valence-electron chi connectivity index (χ2n) is 6.34. The molecule has 1 aromatic heterocycles. The third kappa shape index (κ3) is 2.53. The summed E-state index contributed by atoms with van der Waals surface area (Å²) in [5.41, 5.74) is 1.54. The lowest BCUT2D eigenvalue weighted by Gasteiger charge is -2.37. The van der Waals surface area contributed by atoms with Crippen molar-refractivity contribution in [2.45, 2.75) is 32.6 Å². The van der Waals surface area contributed by atoms with Gasteiger partial charge >= 0.3 is 5.97 Å². The minimum absolute atomic E-state index is 0.118. The Morgan fingerprint density at radius 1 is 1.43 bits per heavy atom. The quantitative estimate of drug-likeness (QED) is 0.881. The van der Waals surface area contributed by atoms with Crippen LogP contribution >= 0.6 is 11.3 Å². The smallest absolute Gasteiger partial charge is 0.351 e. The van der Waals surface area contributed by atoms with Crippen LogP contribution < -0.4 is 5.32 Å². The average molecular weight is 303 g/mol. The van der Waals surface area contributed by atoms with Crippen molar-refractivity contribution in [3.8, 4) is 0 Å². The van der Waals surface area contributed by atoms with Crippen LogP contribution in [0.5, 0.6) is 0 Å². The normalized spacial score (nSPS) is 24.2. The van der Waals surface area contributed by atoms with Crippen LogP contribution in [-0.4, -0.2) is 16.9 Å². The molecule has 2 aliphatic rings. The average Bonchev–Trinajstić information content (AvgIpc) is 2.89. The summed E-state index contributed by atoms with van der Waals surface area (Å²) in [6, 6.07) is 3.88. The van der Waals surface area contributed by atoms with Gasteiger partial charge in [0.05, 0.1) is 0 Å². The summed E-state index contributed by atoms with van der Waals surface area (Å²) in [5, 5.41) is 14.2. The first kappa shape index (κ1) is 14.1. The second kappa shape index (κ2) is 4.84. The third-order valence-corrected chi connectivity index (χ3v) is 4.89. The van der Waals surface area contributed by atoms with Crippen LogP contribution in [0.25, 0.3) is 0 Å². The minimum atomic E-state index is -0.987. The van der Waals surface area contributed by atoms with E-state index >= 15 is 0 Å². The van der Waals surface area contributed by atoms with E-state index in [9.17, 15) is 14.7 Å². The minimum Gasteiger partial charge on any atom is -0.477 e. The number of nitrogens with one attached hydrogen (secondary N) is 1. The Labute approximate surface area is 127 Å². The summed E-state index contributed by atoms with van der Waals surface area (Å²) >= 11 is 1.55. The third-order valence-electron chi connectivity index (χ3n) is 3.93. The van der Waals surface area contributed by atoms with Gasteiger partial charge in [0.25, 0.3) is 0 Å². The molecule has 4 nitrogen and oxygen atoms in total. The molecule has 0 aromatic carbocycles. The molecule has 0 radical (unpaired) electrons. The molecule has 0 saturated heterocycles. The highest BCUT2D eigenvalue weighted by Crippen LogP contribution is 2.44. The molecule has 2 N–H and O–H groups in total. The van der Waals surface area contributed by atoms with Gasteiger partial charge in [-0.1, -0.05) is 19.9 Å². The number of hydrogen-bond donors (Lipinski definition) is 2. The molecule has 0 amide bonds. The number of thiophene rings is 1. The fourth-order valence-electron chi connectivity index (χ4n) is 3.08. The van der Waals surface area contributed by atoms with Gasteiger partial charge in [0.15, 0.2) is 5.78 Å². The van der Waals surface area contributed by atoms with Gasteiger partial charge in [0, 0.05) is 28.5 Å². The molecule has 21 heavy (non-hydrogen) atoms. The molecule has 2 heterocycles. The molecular weight excluding hydrogens is 286 g/mol. The van der Waals surface area contributed by atoms with Crippen molar-refractivity contribution in [1.82, 2.24) is 5.32 Å². The highest BCUT2D eigenvalue weighted by molar-refractivity contribution is 7.10. The maximum atomic E-state index is 12.6. The summed E-state index contributed by atoms with van der Waals surface area (Å²) in [4.78, 5) is 24.9. The van der Waals surface area contributed by atoms with Crippen LogP contribution in [0.4, 0.5) is 0 Å². The SMILES string of the molecule is CC1(C)CC(=O)C2=C(C1)NC(C(=O)O)=C[C@H]2c1cccs1. The van der Waals surface area contributed by atoms with Gasteiger partial charge in [-0.2, -0.15) is 0 Å². The molecule has 5 heteroatoms. The van der Waals surface area contributed by atoms with Gasteiger partial charge in [0.2, 0.25) is 0 Å². The summed E-state index contributed by atoms with van der Waals surface area (Å²) in [7, 11) is 0. The number of carbonyl (C=O) groups excluding carboxylic acids is 1. The first-order chi connectivity index (χ1) is 9.87. The van der Waals surface area contributed by atoms with Crippen molar-refractivity contribution in [2.75, 3.05) is 0 Å². The van der Waals surface area contributed by atoms with Crippen molar-refractivity contribution in [3.63, 3.8) is 0 Å². The molecule has 1 aromatic rings. The molecular formula is C16H17NO3S. The number of aliphatic carboxylic acids is 1. The monoisotopic (exact) mass is 303 g/mol. The zero-order chi connectivity index (χ0) is 15.2. The van der Waals surface area contributed by atoms with Crippen molar-refractivity contribution >= 4 is 23.1 Å². The van der Waals surface area contributed by atoms with E-state index in [4.69, 9.17) is 0 Å². The fourth-order valence-corrected chi connectivity index (χ4v) is 3.88. The Balaban J connectivity index is 2.10. The van der Waals surface area contributed by atoms with E-state index in [0.29, 0.717) is 12.8 Å². The maximum Gasteiger partial charge on any atom is 0.351 e. The van der Waals surface area contributed by atoms with Gasteiger partial charge in [-0.25, -0.2) is 4.79 Å². The van der Waals surface area contributed by atoms with E-state index in [1.165, 1.54) is 0 Å². The van der Waals surface area contributed by atoms with E-state index in [1.54, 1.807) is 17.4 Å². The maximum absolute atomic E-state index is 12.6. The van der Waals surface area contributed by atoms with Crippen LogP contribution in [0.3, 0.4) is 0 Å². The number of rotatable bonds is 2. The molecule has 110 valence electrons. The highest BCUT2D eigenvalue weighted by Gasteiger charge is 2.39. The van der Waals surface area contributed by atoms with Gasteiger partial charge in [0.1, 0.15) is 5.70 Å². The Bertz CT molecular complexity index is 668. The number of carboxylic acids is 1. The van der Waals surface area contributed by atoms with E-state index in [2.05, 4.69) is 5.32 Å². The van der Waals surface area contributed by atoms with Crippen molar-refractivity contribution in [1.29, 1.82) is 0 Å². The summed E-state index contributed by atoms with van der Waals surface area (Å²) < 4.78 is 0. The first-order valence-corrected chi connectivity index (χ1v) is 7.77. The molecule has 0 fully saturated rings. The highest BCUT2D eigenvalue weighted by atomic mass is 32.1. The van der Waals surface area contributed by atoms with E-state index in [0.717, 1.165) is 16.1 Å². The van der Waals surface area contributed by atoms with Crippen LogP contribution in [-0.2, 0) is 9.59 Å². The Morgan fingerprint density at radius 2 is 2.19 bits per heavy atom. The topological polar surface area (TPSA) is 66.4 Å². The molecule has 3 rings (SSSR count). The van der Waals surface area contributed by atoms with Gasteiger partial charge in [-0.15, -0.1) is 11.3 Å². The largest absolute Gasteiger partial charge is 0.477 e. The fraction of sp³-hybridized carbons (Fsp3) is 0.375. The van der Waals surface area contributed by atoms with Crippen molar-refractivity contribution in [2.24, 2.45) is 5.41 Å². The van der Waals surface area contributed by atoms with Crippen LogP contribution in [0.1, 0.15) is 37.5 Å². The van der Waals surface area contributed by atoms with Crippen molar-refractivity contribution < 1.29 is 14.7 Å². The zero-order valence-electron chi connectivity index (χ0n) is 12.0. The van der Waals surface area contributed by atoms with Gasteiger partial charge < -0.3 is 10.4 Å². The number of carboxylic acid groups (broad SMARTS) is 1. The zero-order valence-corrected chi connectivity index (χ0v) is 12.8. The molecule has 1 aliphatic heterocycles. The van der Waals surface area contributed by atoms with Crippen LogP contribution in [0.15, 0.2) is 40.6 Å². The summed E-state index contributed by atoms with van der Waals surface area (Å²) in [5.74, 6) is -1.11. The predicted molar refractivity (Wildman–Crippen MR) is 81.0 cm³/mol. The number of dihydropyridines is 1. The lowest BCUT2D eigenvalue weighted by molar-refractivity contribution is -0.133. The molecule has 1 atom stereocenters. The lowest BCUT2D eigenvalue weighted by atomic mass is 9.71. The number of hydrogen-bond acceptors (Lipinski definition) is 4. The Kier molecular flexibility index (Phi) is 3.24. The predicted octanol–water partition coefficient (Wildman–Crippen LogP) is 3.05. The van der Waals surface area contributed by atoms with E-state index in [1.807, 2.05) is 31.4 Å². The van der Waals surface area contributed by atoms with Crippen molar-refractivity contribution in [3.05, 3.63) is 45.4 Å². The van der Waals surface area contributed by atoms with Gasteiger partial charge in [-0.05, 0) is 29.4 Å². The molecule has 0 saturated carbocycles. The molecule has 0 unspecified atom stereocenters. The summed E-state index contributed by atoms with van der Waals surface area (Å²) in [6.07, 6.45) is 2.86. The Hall–Kier alpha value is -1.88. The standard InChI is InChI=1S/C16H17NO3S/c1-16(2)7-11-14(12(18)8-16)9(13-4-3-5-21-13)6-10(17-11)15(19)20/h3-6,9,17H,7-8H2,1-2H3,(H,19,20)/t9-/m0/s1. The first-order valence-electron chi connectivity index (χ1n) is 6.89. The van der Waals surface area contributed by atoms with Gasteiger partial charge in [-0.3, -0.25) is 4.79 Å². The molecule has 0 bridgehead atoms. The number of allylic oxidation sites excluding steroid dienone is 3.